The van der Waals surface area contributed by atoms with E-state index in [9.17, 15) is 4.79 Å². The molecule has 0 spiro atoms. The van der Waals surface area contributed by atoms with Crippen molar-refractivity contribution >= 4 is 27.7 Å². The maximum absolute atomic E-state index is 10.8. The third-order valence-corrected chi connectivity index (χ3v) is 8.16. The maximum atomic E-state index is 10.8. The summed E-state index contributed by atoms with van der Waals surface area (Å²) in [7, 11) is 1.45. The van der Waals surface area contributed by atoms with Gasteiger partial charge in [-0.3, -0.25) is 0 Å². The van der Waals surface area contributed by atoms with E-state index in [1.54, 1.807) is 0 Å². The minimum absolute atomic E-state index is 0.0298. The Balaban J connectivity index is 3.72. The fraction of sp³-hybridized carbons (Fsp3) is 0.833. The molecule has 2 nitrogen and oxygen atoms in total. The van der Waals surface area contributed by atoms with Crippen LogP contribution in [-0.2, 0) is 9.53 Å². The first-order valence-corrected chi connectivity index (χ1v) is 11.8. The van der Waals surface area contributed by atoms with Gasteiger partial charge < -0.3 is 0 Å². The Labute approximate surface area is 64.3 Å². The molecule has 0 aromatic carbocycles. The monoisotopic (exact) mass is 326 g/mol. The van der Waals surface area contributed by atoms with Gasteiger partial charge >= 0.3 is 64.2 Å². The van der Waals surface area contributed by atoms with E-state index >= 15 is 0 Å². The van der Waals surface area contributed by atoms with Crippen molar-refractivity contribution in [1.29, 1.82) is 0 Å². The predicted octanol–water partition coefficient (Wildman–Crippen LogP) is 1.30. The van der Waals surface area contributed by atoms with E-state index in [1.807, 2.05) is 6.92 Å². The zero-order chi connectivity index (χ0) is 7.44. The molecule has 0 aliphatic rings. The minimum atomic E-state index is -1.37. The quantitative estimate of drug-likeness (QED) is 0.565. The number of carbonyl (C=O) groups excluding carboxylic acids is 1. The Morgan fingerprint density at radius 3 is 2.11 bits per heavy atom. The number of ether oxygens (including phenoxy) is 1. The molecule has 54 valence electrons. The van der Waals surface area contributed by atoms with Gasteiger partial charge in [0.15, 0.2) is 0 Å². The SMILES string of the molecule is COC(=O)[CH](C)[Bi]([CH3])[CH3]. The molecule has 0 fully saturated rings. The van der Waals surface area contributed by atoms with Gasteiger partial charge in [-0.2, -0.15) is 0 Å². The van der Waals surface area contributed by atoms with Gasteiger partial charge in [0, 0.05) is 0 Å². The number of rotatable bonds is 2. The molecule has 3 heteroatoms. The third kappa shape index (κ3) is 3.15. The summed E-state index contributed by atoms with van der Waals surface area (Å²) in [4.78, 5) is 10.8. The Morgan fingerprint density at radius 1 is 1.56 bits per heavy atom. The van der Waals surface area contributed by atoms with E-state index in [1.165, 1.54) is 7.11 Å². The van der Waals surface area contributed by atoms with Gasteiger partial charge in [0.1, 0.15) is 0 Å². The summed E-state index contributed by atoms with van der Waals surface area (Å²) in [6.45, 7) is 1.96. The van der Waals surface area contributed by atoms with Crippen LogP contribution < -0.4 is 0 Å². The van der Waals surface area contributed by atoms with Crippen molar-refractivity contribution in [2.45, 2.75) is 19.8 Å². The summed E-state index contributed by atoms with van der Waals surface area (Å²) in [5.41, 5.74) is 0. The van der Waals surface area contributed by atoms with Crippen LogP contribution in [0.4, 0.5) is 0 Å². The Morgan fingerprint density at radius 2 is 2.00 bits per heavy atom. The number of esters is 1. The Hall–Kier alpha value is 0.353. The summed E-state index contributed by atoms with van der Waals surface area (Å²) < 4.78 is 9.22. The van der Waals surface area contributed by atoms with Crippen LogP contribution in [0.5, 0.6) is 0 Å². The molecule has 0 aromatic heterocycles. The van der Waals surface area contributed by atoms with E-state index in [4.69, 9.17) is 0 Å². The van der Waals surface area contributed by atoms with Gasteiger partial charge in [-0.25, -0.2) is 0 Å². The molecule has 0 heterocycles. The van der Waals surface area contributed by atoms with Crippen molar-refractivity contribution in [2.24, 2.45) is 0 Å². The first-order chi connectivity index (χ1) is 4.09. The summed E-state index contributed by atoms with van der Waals surface area (Å²) >= 11 is -1.37. The molecule has 1 unspecified atom stereocenters. The topological polar surface area (TPSA) is 26.3 Å². The van der Waals surface area contributed by atoms with Gasteiger partial charge in [-0.05, 0) is 0 Å². The molecule has 0 aliphatic carbocycles. The second-order valence-corrected chi connectivity index (χ2v) is 12.7. The number of hydrogen-bond acceptors (Lipinski definition) is 2. The van der Waals surface area contributed by atoms with Crippen molar-refractivity contribution in [2.75, 3.05) is 7.11 Å². The Bertz CT molecular complexity index is 101. The van der Waals surface area contributed by atoms with Crippen LogP contribution in [0.15, 0.2) is 0 Å². The van der Waals surface area contributed by atoms with Crippen LogP contribution in [-0.4, -0.2) is 34.8 Å². The van der Waals surface area contributed by atoms with Crippen molar-refractivity contribution in [3.63, 3.8) is 0 Å². The number of hydrogen-bond donors (Lipinski definition) is 0. The third-order valence-electron chi connectivity index (χ3n) is 1.32. The number of methoxy groups -OCH3 is 1. The summed E-state index contributed by atoms with van der Waals surface area (Å²) in [5.74, 6) is -0.0298. The Kier molecular flexibility index (Phi) is 4.38. The molecule has 0 saturated heterocycles. The second-order valence-electron chi connectivity index (χ2n) is 2.16. The van der Waals surface area contributed by atoms with Crippen LogP contribution >= 0.6 is 0 Å². The van der Waals surface area contributed by atoms with Crippen molar-refractivity contribution in [3.05, 3.63) is 0 Å². The van der Waals surface area contributed by atoms with Gasteiger partial charge in [-0.15, -0.1) is 0 Å². The van der Waals surface area contributed by atoms with Gasteiger partial charge in [0.05, 0.1) is 0 Å². The summed E-state index contributed by atoms with van der Waals surface area (Å²) in [5, 5.41) is 0. The van der Waals surface area contributed by atoms with Crippen LogP contribution in [0.25, 0.3) is 0 Å². The van der Waals surface area contributed by atoms with E-state index in [2.05, 4.69) is 14.0 Å². The standard InChI is InChI=1S/C4H7O2.2CH3.Bi/c1-3-4(5)6-2;;;/h3H,1-2H3;2*1H3;. The van der Waals surface area contributed by atoms with Crippen molar-refractivity contribution in [1.82, 2.24) is 0 Å². The van der Waals surface area contributed by atoms with E-state index < -0.39 is 21.8 Å². The molecule has 0 bridgehead atoms. The van der Waals surface area contributed by atoms with Crippen LogP contribution in [0, 0.1) is 0 Å². The molecule has 0 radical (unpaired) electrons. The molecule has 9 heavy (non-hydrogen) atoms. The number of carbonyl (C=O) groups is 1. The molecule has 0 amide bonds. The second kappa shape index (κ2) is 4.21. The molecule has 0 N–H and O–H groups in total. The van der Waals surface area contributed by atoms with E-state index in [0.717, 1.165) is 0 Å². The molecular weight excluding hydrogens is 313 g/mol. The fourth-order valence-electron chi connectivity index (χ4n) is 0.381. The van der Waals surface area contributed by atoms with Gasteiger partial charge in [0.2, 0.25) is 0 Å². The molecule has 1 atom stereocenters. The zero-order valence-corrected chi connectivity index (χ0v) is 9.82. The molecule has 0 aromatic rings. The first kappa shape index (κ1) is 9.35. The zero-order valence-electron chi connectivity index (χ0n) is 6.34. The van der Waals surface area contributed by atoms with Gasteiger partial charge in [0.25, 0.3) is 0 Å². The molecule has 0 rings (SSSR count). The molecule has 0 saturated carbocycles. The summed E-state index contributed by atoms with van der Waals surface area (Å²) in [6, 6.07) is 0. The van der Waals surface area contributed by atoms with Gasteiger partial charge in [-0.1, -0.05) is 0 Å². The molecular formula is C6H13BiO2. The van der Waals surface area contributed by atoms with Crippen LogP contribution in [0.1, 0.15) is 6.92 Å². The van der Waals surface area contributed by atoms with Crippen LogP contribution in [0.2, 0.25) is 12.9 Å². The predicted molar refractivity (Wildman–Crippen MR) is 38.9 cm³/mol. The fourth-order valence-corrected chi connectivity index (χ4v) is 2.43. The summed E-state index contributed by atoms with van der Waals surface area (Å²) in [6.07, 6.45) is 0. The van der Waals surface area contributed by atoms with E-state index in [-0.39, 0.29) is 9.60 Å². The van der Waals surface area contributed by atoms with Crippen molar-refractivity contribution < 1.29 is 9.53 Å². The average Bonchev–Trinajstić information content (AvgIpc) is 1.84. The van der Waals surface area contributed by atoms with E-state index in [0.29, 0.717) is 0 Å². The molecule has 0 aliphatic heterocycles. The van der Waals surface area contributed by atoms with Crippen molar-refractivity contribution in [3.8, 4) is 0 Å². The normalized spacial score (nSPS) is 13.4. The average molecular weight is 326 g/mol. The first-order valence-electron chi connectivity index (χ1n) is 2.84. The van der Waals surface area contributed by atoms with Crippen LogP contribution in [0.3, 0.4) is 0 Å².